The molecule has 1 saturated heterocycles. The summed E-state index contributed by atoms with van der Waals surface area (Å²) in [6.45, 7) is 4.71. The molecule has 2 unspecified atom stereocenters. The fourth-order valence-corrected chi connectivity index (χ4v) is 1.95. The lowest BCUT2D eigenvalue weighted by Gasteiger charge is -2.13. The first-order chi connectivity index (χ1) is 8.25. The third-order valence-electron chi connectivity index (χ3n) is 3.12. The van der Waals surface area contributed by atoms with E-state index < -0.39 is 6.10 Å². The molecule has 0 aromatic heterocycles. The standard InChI is InChI=1S/C14H20O3/c1-11-2-4-13(5-3-11)14(15)10-17-9-12-6-7-16-8-12/h2-5,12,14-15H,6-10H2,1H3. The highest BCUT2D eigenvalue weighted by Gasteiger charge is 2.16. The van der Waals surface area contributed by atoms with Crippen molar-refractivity contribution in [1.82, 2.24) is 0 Å². The molecule has 0 aliphatic carbocycles. The summed E-state index contributed by atoms with van der Waals surface area (Å²) in [5.74, 6) is 0.500. The first-order valence-corrected chi connectivity index (χ1v) is 6.16. The van der Waals surface area contributed by atoms with E-state index in [9.17, 15) is 5.11 Å². The van der Waals surface area contributed by atoms with Gasteiger partial charge in [0.1, 0.15) is 6.10 Å². The van der Waals surface area contributed by atoms with Crippen molar-refractivity contribution >= 4 is 0 Å². The minimum absolute atomic E-state index is 0.361. The third-order valence-corrected chi connectivity index (χ3v) is 3.12. The number of aryl methyl sites for hydroxylation is 1. The van der Waals surface area contributed by atoms with Crippen molar-refractivity contribution in [2.24, 2.45) is 5.92 Å². The smallest absolute Gasteiger partial charge is 0.102 e. The van der Waals surface area contributed by atoms with Gasteiger partial charge in [0.05, 0.1) is 19.8 Å². The molecule has 1 N–H and O–H groups in total. The van der Waals surface area contributed by atoms with Crippen molar-refractivity contribution in [3.05, 3.63) is 35.4 Å². The Morgan fingerprint density at radius 2 is 2.18 bits per heavy atom. The highest BCUT2D eigenvalue weighted by molar-refractivity contribution is 5.23. The SMILES string of the molecule is Cc1ccc(C(O)COCC2CCOC2)cc1. The number of benzene rings is 1. The summed E-state index contributed by atoms with van der Waals surface area (Å²) in [6, 6.07) is 7.90. The average Bonchev–Trinajstić information content (AvgIpc) is 2.83. The Bertz CT molecular complexity index is 328. The molecule has 0 bridgehead atoms. The predicted octanol–water partition coefficient (Wildman–Crippen LogP) is 2.08. The highest BCUT2D eigenvalue weighted by atomic mass is 16.5. The summed E-state index contributed by atoms with van der Waals surface area (Å²) in [7, 11) is 0. The quantitative estimate of drug-likeness (QED) is 0.850. The molecule has 0 spiro atoms. The molecule has 1 fully saturated rings. The van der Waals surface area contributed by atoms with Gasteiger partial charge in [-0.1, -0.05) is 29.8 Å². The second kappa shape index (κ2) is 6.15. The number of ether oxygens (including phenoxy) is 2. The lowest BCUT2D eigenvalue weighted by Crippen LogP contribution is -2.14. The van der Waals surface area contributed by atoms with Gasteiger partial charge < -0.3 is 14.6 Å². The van der Waals surface area contributed by atoms with E-state index in [1.165, 1.54) is 5.56 Å². The van der Waals surface area contributed by atoms with Crippen LogP contribution >= 0.6 is 0 Å². The summed E-state index contributed by atoms with van der Waals surface area (Å²) in [6.07, 6.45) is 0.540. The van der Waals surface area contributed by atoms with E-state index in [2.05, 4.69) is 0 Å². The van der Waals surface area contributed by atoms with E-state index in [0.717, 1.165) is 25.2 Å². The fourth-order valence-electron chi connectivity index (χ4n) is 1.95. The van der Waals surface area contributed by atoms with Gasteiger partial charge in [0.15, 0.2) is 0 Å². The zero-order chi connectivity index (χ0) is 12.1. The summed E-state index contributed by atoms with van der Waals surface area (Å²) >= 11 is 0. The molecule has 2 atom stereocenters. The van der Waals surface area contributed by atoms with Crippen LogP contribution in [0.25, 0.3) is 0 Å². The van der Waals surface area contributed by atoms with Crippen LogP contribution in [-0.4, -0.2) is 31.5 Å². The molecule has 0 radical (unpaired) electrons. The summed E-state index contributed by atoms with van der Waals surface area (Å²) in [4.78, 5) is 0. The van der Waals surface area contributed by atoms with E-state index in [4.69, 9.17) is 9.47 Å². The molecule has 0 amide bonds. The molecule has 1 heterocycles. The normalized spacial score (nSPS) is 21.6. The third kappa shape index (κ3) is 3.80. The van der Waals surface area contributed by atoms with E-state index >= 15 is 0 Å². The second-order valence-electron chi connectivity index (χ2n) is 4.69. The molecule has 3 nitrogen and oxygen atoms in total. The van der Waals surface area contributed by atoms with Crippen LogP contribution in [-0.2, 0) is 9.47 Å². The second-order valence-corrected chi connectivity index (χ2v) is 4.69. The number of hydrogen-bond acceptors (Lipinski definition) is 3. The molecule has 1 aliphatic rings. The van der Waals surface area contributed by atoms with Gasteiger partial charge in [-0.05, 0) is 18.9 Å². The highest BCUT2D eigenvalue weighted by Crippen LogP contribution is 2.16. The van der Waals surface area contributed by atoms with Gasteiger partial charge in [0, 0.05) is 12.5 Å². The summed E-state index contributed by atoms with van der Waals surface area (Å²) < 4.78 is 10.8. The van der Waals surface area contributed by atoms with Crippen LogP contribution in [0.1, 0.15) is 23.7 Å². The Labute approximate surface area is 102 Å². The fraction of sp³-hybridized carbons (Fsp3) is 0.571. The maximum atomic E-state index is 9.93. The predicted molar refractivity (Wildman–Crippen MR) is 65.9 cm³/mol. The van der Waals surface area contributed by atoms with Gasteiger partial charge >= 0.3 is 0 Å². The number of rotatable bonds is 5. The van der Waals surface area contributed by atoms with Crippen molar-refractivity contribution in [1.29, 1.82) is 0 Å². The van der Waals surface area contributed by atoms with E-state index in [1.54, 1.807) is 0 Å². The average molecular weight is 236 g/mol. The first kappa shape index (κ1) is 12.6. The largest absolute Gasteiger partial charge is 0.386 e. The molecule has 1 aromatic carbocycles. The maximum absolute atomic E-state index is 9.93. The molecule has 94 valence electrons. The first-order valence-electron chi connectivity index (χ1n) is 6.16. The van der Waals surface area contributed by atoms with Gasteiger partial charge in [-0.25, -0.2) is 0 Å². The lowest BCUT2D eigenvalue weighted by molar-refractivity contribution is 0.0185. The van der Waals surface area contributed by atoms with E-state index in [0.29, 0.717) is 19.1 Å². The Morgan fingerprint density at radius 3 is 2.82 bits per heavy atom. The molecule has 0 saturated carbocycles. The van der Waals surface area contributed by atoms with Crippen molar-refractivity contribution in [3.8, 4) is 0 Å². The van der Waals surface area contributed by atoms with Crippen LogP contribution in [0.3, 0.4) is 0 Å². The van der Waals surface area contributed by atoms with Crippen LogP contribution in [0, 0.1) is 12.8 Å². The monoisotopic (exact) mass is 236 g/mol. The van der Waals surface area contributed by atoms with Crippen LogP contribution < -0.4 is 0 Å². The maximum Gasteiger partial charge on any atom is 0.102 e. The van der Waals surface area contributed by atoms with E-state index in [-0.39, 0.29) is 0 Å². The molecular weight excluding hydrogens is 216 g/mol. The summed E-state index contributed by atoms with van der Waals surface area (Å²) in [5, 5.41) is 9.93. The molecule has 1 aliphatic heterocycles. The van der Waals surface area contributed by atoms with Gasteiger partial charge in [-0.3, -0.25) is 0 Å². The Kier molecular flexibility index (Phi) is 4.54. The van der Waals surface area contributed by atoms with E-state index in [1.807, 2.05) is 31.2 Å². The van der Waals surface area contributed by atoms with Crippen LogP contribution in [0.5, 0.6) is 0 Å². The number of hydrogen-bond donors (Lipinski definition) is 1. The number of aliphatic hydroxyl groups is 1. The van der Waals surface area contributed by atoms with Gasteiger partial charge in [0.25, 0.3) is 0 Å². The Balaban J connectivity index is 1.72. The molecule has 17 heavy (non-hydrogen) atoms. The van der Waals surface area contributed by atoms with Crippen molar-refractivity contribution in [2.45, 2.75) is 19.4 Å². The molecule has 2 rings (SSSR count). The molecule has 1 aromatic rings. The molecule has 3 heteroatoms. The van der Waals surface area contributed by atoms with Crippen LogP contribution in [0.4, 0.5) is 0 Å². The van der Waals surface area contributed by atoms with Gasteiger partial charge in [-0.2, -0.15) is 0 Å². The lowest BCUT2D eigenvalue weighted by atomic mass is 10.1. The van der Waals surface area contributed by atoms with Crippen molar-refractivity contribution in [2.75, 3.05) is 26.4 Å². The minimum Gasteiger partial charge on any atom is -0.386 e. The van der Waals surface area contributed by atoms with Crippen LogP contribution in [0.2, 0.25) is 0 Å². The van der Waals surface area contributed by atoms with Gasteiger partial charge in [0.2, 0.25) is 0 Å². The Hall–Kier alpha value is -0.900. The van der Waals surface area contributed by atoms with Gasteiger partial charge in [-0.15, -0.1) is 0 Å². The topological polar surface area (TPSA) is 38.7 Å². The van der Waals surface area contributed by atoms with Crippen molar-refractivity contribution in [3.63, 3.8) is 0 Å². The zero-order valence-corrected chi connectivity index (χ0v) is 10.3. The Morgan fingerprint density at radius 1 is 1.41 bits per heavy atom. The minimum atomic E-state index is -0.530. The number of aliphatic hydroxyl groups excluding tert-OH is 1. The summed E-state index contributed by atoms with van der Waals surface area (Å²) in [5.41, 5.74) is 2.11. The molecular formula is C14H20O3. The van der Waals surface area contributed by atoms with Crippen LogP contribution in [0.15, 0.2) is 24.3 Å². The van der Waals surface area contributed by atoms with Crippen molar-refractivity contribution < 1.29 is 14.6 Å². The zero-order valence-electron chi connectivity index (χ0n) is 10.3.